The molecule has 2 amide bonds. The minimum Gasteiger partial charge on any atom is -0.492 e. The van der Waals surface area contributed by atoms with Gasteiger partial charge in [-0.2, -0.15) is 4.31 Å². The minimum absolute atomic E-state index is 0.0419. The van der Waals surface area contributed by atoms with Crippen LogP contribution < -0.4 is 10.1 Å². The Balaban J connectivity index is 1.85. The van der Waals surface area contributed by atoms with Crippen LogP contribution in [0.1, 0.15) is 39.0 Å². The number of piperidine rings is 1. The third kappa shape index (κ3) is 4.70. The highest BCUT2D eigenvalue weighted by atomic mass is 32.2. The van der Waals surface area contributed by atoms with Crippen LogP contribution in [-0.2, 0) is 19.6 Å². The molecule has 0 saturated carbocycles. The van der Waals surface area contributed by atoms with Crippen LogP contribution in [-0.4, -0.2) is 69.0 Å². The fourth-order valence-electron chi connectivity index (χ4n) is 3.91. The second-order valence-electron chi connectivity index (χ2n) is 7.37. The van der Waals surface area contributed by atoms with Gasteiger partial charge in [0.2, 0.25) is 15.9 Å². The van der Waals surface area contributed by atoms with Gasteiger partial charge in [-0.1, -0.05) is 6.42 Å². The van der Waals surface area contributed by atoms with Crippen molar-refractivity contribution in [1.29, 1.82) is 0 Å². The highest BCUT2D eigenvalue weighted by Crippen LogP contribution is 2.32. The molecule has 0 bridgehead atoms. The molecule has 9 nitrogen and oxygen atoms in total. The second-order valence-corrected chi connectivity index (χ2v) is 9.28. The minimum atomic E-state index is -3.75. The van der Waals surface area contributed by atoms with Gasteiger partial charge in [-0.05, 0) is 50.8 Å². The van der Waals surface area contributed by atoms with Gasteiger partial charge in [-0.25, -0.2) is 13.2 Å². The van der Waals surface area contributed by atoms with Gasteiger partial charge in [0.15, 0.2) is 0 Å². The first-order chi connectivity index (χ1) is 14.4. The van der Waals surface area contributed by atoms with Crippen LogP contribution in [0.2, 0.25) is 0 Å². The summed E-state index contributed by atoms with van der Waals surface area (Å²) in [5.74, 6) is -0.110. The predicted octanol–water partition coefficient (Wildman–Crippen LogP) is 2.43. The van der Waals surface area contributed by atoms with E-state index in [0.29, 0.717) is 44.8 Å². The van der Waals surface area contributed by atoms with E-state index < -0.39 is 22.2 Å². The van der Waals surface area contributed by atoms with Gasteiger partial charge >= 0.3 is 6.09 Å². The van der Waals surface area contributed by atoms with Crippen molar-refractivity contribution in [2.75, 3.05) is 38.7 Å². The quantitative estimate of drug-likeness (QED) is 0.730. The molecule has 0 spiro atoms. The maximum Gasteiger partial charge on any atom is 0.410 e. The molecule has 2 fully saturated rings. The first kappa shape index (κ1) is 22.4. The van der Waals surface area contributed by atoms with Crippen LogP contribution in [0.3, 0.4) is 0 Å². The topological polar surface area (TPSA) is 105 Å². The second kappa shape index (κ2) is 9.65. The Morgan fingerprint density at radius 1 is 1.13 bits per heavy atom. The molecule has 30 heavy (non-hydrogen) atoms. The number of hydrogen-bond acceptors (Lipinski definition) is 6. The van der Waals surface area contributed by atoms with Gasteiger partial charge in [0.05, 0.1) is 13.7 Å². The molecule has 1 atom stereocenters. The lowest BCUT2D eigenvalue weighted by molar-refractivity contribution is -0.119. The van der Waals surface area contributed by atoms with Crippen molar-refractivity contribution in [2.24, 2.45) is 0 Å². The van der Waals surface area contributed by atoms with Gasteiger partial charge in [-0.15, -0.1) is 0 Å². The Hall–Kier alpha value is -2.33. The SMILES string of the molecule is CCOc1ccc(NC(=O)C2CCCN2C(=O)OC)cc1S(=O)(=O)N1CCCCC1. The highest BCUT2D eigenvalue weighted by Gasteiger charge is 2.35. The fourth-order valence-corrected chi connectivity index (χ4v) is 5.58. The van der Waals surface area contributed by atoms with Crippen molar-refractivity contribution in [1.82, 2.24) is 9.21 Å². The number of carbonyl (C=O) groups is 2. The van der Waals surface area contributed by atoms with Gasteiger partial charge in [0.1, 0.15) is 16.7 Å². The van der Waals surface area contributed by atoms with Gasteiger partial charge < -0.3 is 14.8 Å². The number of methoxy groups -OCH3 is 1. The van der Waals surface area contributed by atoms with Gasteiger partial charge in [0.25, 0.3) is 0 Å². The molecule has 10 heteroatoms. The monoisotopic (exact) mass is 439 g/mol. The largest absolute Gasteiger partial charge is 0.492 e. The van der Waals surface area contributed by atoms with E-state index in [1.807, 2.05) is 0 Å². The number of sulfonamides is 1. The first-order valence-corrected chi connectivity index (χ1v) is 11.7. The van der Waals surface area contributed by atoms with Crippen molar-refractivity contribution in [3.8, 4) is 5.75 Å². The number of nitrogens with zero attached hydrogens (tertiary/aromatic N) is 2. The van der Waals surface area contributed by atoms with Crippen molar-refractivity contribution in [3.63, 3.8) is 0 Å². The molecule has 1 aromatic rings. The third-order valence-corrected chi connectivity index (χ3v) is 7.33. The van der Waals surface area contributed by atoms with Crippen molar-refractivity contribution < 1.29 is 27.5 Å². The van der Waals surface area contributed by atoms with E-state index in [2.05, 4.69) is 5.32 Å². The maximum absolute atomic E-state index is 13.2. The summed E-state index contributed by atoms with van der Waals surface area (Å²) in [7, 11) is -2.47. The first-order valence-electron chi connectivity index (χ1n) is 10.3. The maximum atomic E-state index is 13.2. The molecular formula is C20H29N3O6S. The summed E-state index contributed by atoms with van der Waals surface area (Å²) in [6.45, 7) is 3.50. The lowest BCUT2D eigenvalue weighted by atomic mass is 10.2. The van der Waals surface area contributed by atoms with E-state index in [-0.39, 0.29) is 16.6 Å². The molecule has 2 saturated heterocycles. The number of ether oxygens (including phenoxy) is 2. The zero-order valence-electron chi connectivity index (χ0n) is 17.4. The summed E-state index contributed by atoms with van der Waals surface area (Å²) in [5.41, 5.74) is 0.343. The number of nitrogens with one attached hydrogen (secondary N) is 1. The standard InChI is InChI=1S/C20H29N3O6S/c1-3-29-17-10-9-15(14-18(17)30(26,27)22-11-5-4-6-12-22)21-19(24)16-8-7-13-23(16)20(25)28-2/h9-10,14,16H,3-8,11-13H2,1-2H3,(H,21,24). The number of rotatable bonds is 6. The lowest BCUT2D eigenvalue weighted by Crippen LogP contribution is -2.43. The lowest BCUT2D eigenvalue weighted by Gasteiger charge is -2.27. The van der Waals surface area contributed by atoms with E-state index in [9.17, 15) is 18.0 Å². The summed E-state index contributed by atoms with van der Waals surface area (Å²) in [4.78, 5) is 26.1. The third-order valence-electron chi connectivity index (χ3n) is 5.41. The zero-order chi connectivity index (χ0) is 21.7. The van der Waals surface area contributed by atoms with Gasteiger partial charge in [-0.3, -0.25) is 9.69 Å². The molecule has 0 radical (unpaired) electrons. The normalized spacial score (nSPS) is 20.1. The molecule has 2 aliphatic rings. The Morgan fingerprint density at radius 2 is 1.87 bits per heavy atom. The smallest absolute Gasteiger partial charge is 0.410 e. The number of amides is 2. The molecule has 1 unspecified atom stereocenters. The van der Waals surface area contributed by atoms with Crippen LogP contribution in [0, 0.1) is 0 Å². The van der Waals surface area contributed by atoms with E-state index in [1.165, 1.54) is 22.4 Å². The summed E-state index contributed by atoms with van der Waals surface area (Å²) >= 11 is 0. The zero-order valence-corrected chi connectivity index (χ0v) is 18.2. The number of benzene rings is 1. The molecule has 3 rings (SSSR count). The van der Waals surface area contributed by atoms with Crippen LogP contribution in [0.5, 0.6) is 5.75 Å². The number of anilines is 1. The number of likely N-dealkylation sites (tertiary alicyclic amines) is 1. The van der Waals surface area contributed by atoms with E-state index in [0.717, 1.165) is 19.3 Å². The summed E-state index contributed by atoms with van der Waals surface area (Å²) in [6.07, 6.45) is 3.34. The van der Waals surface area contributed by atoms with Crippen LogP contribution in [0.15, 0.2) is 23.1 Å². The molecule has 0 aromatic heterocycles. The summed E-state index contributed by atoms with van der Waals surface area (Å²) in [6, 6.07) is 3.95. The van der Waals surface area contributed by atoms with Crippen LogP contribution >= 0.6 is 0 Å². The van der Waals surface area contributed by atoms with E-state index in [4.69, 9.17) is 9.47 Å². The molecule has 1 aromatic carbocycles. The van der Waals surface area contributed by atoms with E-state index in [1.54, 1.807) is 19.1 Å². The summed E-state index contributed by atoms with van der Waals surface area (Å²) in [5, 5.41) is 2.75. The molecular weight excluding hydrogens is 410 g/mol. The molecule has 166 valence electrons. The fraction of sp³-hybridized carbons (Fsp3) is 0.600. The molecule has 1 N–H and O–H groups in total. The molecule has 0 aliphatic carbocycles. The number of carbonyl (C=O) groups excluding carboxylic acids is 2. The average Bonchev–Trinajstić information content (AvgIpc) is 3.25. The predicted molar refractivity (Wildman–Crippen MR) is 111 cm³/mol. The molecule has 2 aliphatic heterocycles. The van der Waals surface area contributed by atoms with Crippen LogP contribution in [0.4, 0.5) is 10.5 Å². The van der Waals surface area contributed by atoms with Gasteiger partial charge in [0, 0.05) is 25.3 Å². The highest BCUT2D eigenvalue weighted by molar-refractivity contribution is 7.89. The van der Waals surface area contributed by atoms with Crippen molar-refractivity contribution >= 4 is 27.7 Å². The van der Waals surface area contributed by atoms with Crippen LogP contribution in [0.25, 0.3) is 0 Å². The Kier molecular flexibility index (Phi) is 7.19. The van der Waals surface area contributed by atoms with E-state index >= 15 is 0 Å². The average molecular weight is 440 g/mol. The summed E-state index contributed by atoms with van der Waals surface area (Å²) < 4.78 is 38.2. The van der Waals surface area contributed by atoms with Crippen molar-refractivity contribution in [3.05, 3.63) is 18.2 Å². The Bertz CT molecular complexity index is 883. The molecule has 2 heterocycles. The Morgan fingerprint density at radius 3 is 2.53 bits per heavy atom. The number of hydrogen-bond donors (Lipinski definition) is 1. The Labute approximate surface area is 177 Å². The van der Waals surface area contributed by atoms with Crippen molar-refractivity contribution in [2.45, 2.75) is 50.0 Å².